The topological polar surface area (TPSA) is 63.8 Å². The van der Waals surface area contributed by atoms with E-state index >= 15 is 0 Å². The predicted octanol–water partition coefficient (Wildman–Crippen LogP) is 0.625. The molecule has 0 spiro atoms. The molecule has 0 amide bonds. The van der Waals surface area contributed by atoms with E-state index in [0.717, 1.165) is 6.20 Å². The highest BCUT2D eigenvalue weighted by Gasteiger charge is 2.13. The third kappa shape index (κ3) is 2.22. The lowest BCUT2D eigenvalue weighted by Crippen LogP contribution is -2.09. The first kappa shape index (κ1) is 10.7. The molecule has 2 aromatic rings. The Balaban J connectivity index is 2.11. The van der Waals surface area contributed by atoms with E-state index in [4.69, 9.17) is 0 Å². The Labute approximate surface area is 91.6 Å². The average Bonchev–Trinajstić information content (AvgIpc) is 2.65. The molecule has 0 aliphatic heterocycles. The van der Waals surface area contributed by atoms with Gasteiger partial charge in [0.15, 0.2) is 0 Å². The summed E-state index contributed by atoms with van der Waals surface area (Å²) in [5, 5.41) is 13.7. The van der Waals surface area contributed by atoms with Gasteiger partial charge in [0.25, 0.3) is 0 Å². The molecule has 1 N–H and O–H groups in total. The van der Waals surface area contributed by atoms with E-state index in [1.54, 1.807) is 11.7 Å². The highest BCUT2D eigenvalue weighted by Crippen LogP contribution is 2.14. The number of halogens is 1. The molecule has 0 aromatic carbocycles. The summed E-state index contributed by atoms with van der Waals surface area (Å²) in [6, 6.07) is 2.72. The molecular formula is C10H11FN4O. The predicted molar refractivity (Wildman–Crippen MR) is 53.9 cm³/mol. The van der Waals surface area contributed by atoms with Crippen LogP contribution in [-0.4, -0.2) is 24.9 Å². The van der Waals surface area contributed by atoms with E-state index in [1.807, 2.05) is 0 Å². The summed E-state index contributed by atoms with van der Waals surface area (Å²) in [6.07, 6.45) is 1.99. The third-order valence-corrected chi connectivity index (χ3v) is 2.27. The summed E-state index contributed by atoms with van der Waals surface area (Å²) >= 11 is 0. The zero-order valence-corrected chi connectivity index (χ0v) is 8.71. The molecule has 2 rings (SSSR count). The van der Waals surface area contributed by atoms with E-state index in [0.29, 0.717) is 17.9 Å². The van der Waals surface area contributed by atoms with Gasteiger partial charge in [-0.05, 0) is 12.1 Å². The number of aryl methyl sites for hydroxylation is 1. The molecule has 16 heavy (non-hydrogen) atoms. The van der Waals surface area contributed by atoms with Gasteiger partial charge in [-0.15, -0.1) is 0 Å². The summed E-state index contributed by atoms with van der Waals surface area (Å²) in [4.78, 5) is 7.79. The van der Waals surface area contributed by atoms with Crippen molar-refractivity contribution < 1.29 is 9.50 Å². The van der Waals surface area contributed by atoms with Crippen LogP contribution in [0.4, 0.5) is 4.39 Å². The van der Waals surface area contributed by atoms with Crippen molar-refractivity contribution >= 4 is 0 Å². The van der Waals surface area contributed by atoms with Gasteiger partial charge in [-0.1, -0.05) is 0 Å². The molecule has 0 radical (unpaired) electrons. The fourth-order valence-electron chi connectivity index (χ4n) is 1.37. The zero-order chi connectivity index (χ0) is 11.5. The minimum Gasteiger partial charge on any atom is -0.386 e. The van der Waals surface area contributed by atoms with Crippen LogP contribution in [0.1, 0.15) is 17.6 Å². The lowest BCUT2D eigenvalue weighted by atomic mass is 10.1. The van der Waals surface area contributed by atoms with Crippen LogP contribution in [0.2, 0.25) is 0 Å². The van der Waals surface area contributed by atoms with Crippen LogP contribution in [0.5, 0.6) is 0 Å². The summed E-state index contributed by atoms with van der Waals surface area (Å²) in [5.41, 5.74) is 0.421. The van der Waals surface area contributed by atoms with E-state index in [2.05, 4.69) is 15.1 Å². The number of hydrogen-bond acceptors (Lipinski definition) is 4. The van der Waals surface area contributed by atoms with Gasteiger partial charge in [-0.3, -0.25) is 9.67 Å². The van der Waals surface area contributed by atoms with Crippen LogP contribution >= 0.6 is 0 Å². The smallest absolute Gasteiger partial charge is 0.141 e. The zero-order valence-electron chi connectivity index (χ0n) is 8.71. The molecule has 0 saturated carbocycles. The van der Waals surface area contributed by atoms with Gasteiger partial charge in [0, 0.05) is 13.5 Å². The largest absolute Gasteiger partial charge is 0.386 e. The van der Waals surface area contributed by atoms with E-state index < -0.39 is 11.9 Å². The van der Waals surface area contributed by atoms with Gasteiger partial charge in [0.1, 0.15) is 24.1 Å². The monoisotopic (exact) mass is 222 g/mol. The molecule has 0 bridgehead atoms. The minimum absolute atomic E-state index is 0.301. The van der Waals surface area contributed by atoms with Crippen molar-refractivity contribution in [3.63, 3.8) is 0 Å². The molecule has 0 aliphatic carbocycles. The van der Waals surface area contributed by atoms with E-state index in [-0.39, 0.29) is 0 Å². The molecule has 84 valence electrons. The number of nitrogens with zero attached hydrogens (tertiary/aromatic N) is 4. The van der Waals surface area contributed by atoms with Crippen molar-refractivity contribution in [1.29, 1.82) is 0 Å². The standard InChI is InChI=1S/C10H11FN4O/c1-15-10(13-6-14-15)4-9(16)8-3-2-7(11)5-12-8/h2-3,5-6,9,16H,4H2,1H3. The van der Waals surface area contributed by atoms with Crippen molar-refractivity contribution in [2.24, 2.45) is 7.05 Å². The lowest BCUT2D eigenvalue weighted by Gasteiger charge is -2.08. The van der Waals surface area contributed by atoms with Gasteiger partial charge < -0.3 is 5.11 Å². The summed E-state index contributed by atoms with van der Waals surface area (Å²) in [5.74, 6) is 0.230. The second-order valence-electron chi connectivity index (χ2n) is 3.42. The first-order valence-corrected chi connectivity index (χ1v) is 4.79. The Bertz CT molecular complexity index is 468. The van der Waals surface area contributed by atoms with Crippen molar-refractivity contribution in [1.82, 2.24) is 19.7 Å². The summed E-state index contributed by atoms with van der Waals surface area (Å²) < 4.78 is 14.2. The molecular weight excluding hydrogens is 211 g/mol. The summed E-state index contributed by atoms with van der Waals surface area (Å²) in [7, 11) is 1.74. The third-order valence-electron chi connectivity index (χ3n) is 2.27. The Kier molecular flexibility index (Phi) is 2.91. The first-order valence-electron chi connectivity index (χ1n) is 4.79. The molecule has 0 fully saturated rings. The van der Waals surface area contributed by atoms with Gasteiger partial charge in [-0.25, -0.2) is 9.37 Å². The van der Waals surface area contributed by atoms with Crippen LogP contribution in [0.15, 0.2) is 24.7 Å². The number of hydrogen-bond donors (Lipinski definition) is 1. The summed E-state index contributed by atoms with van der Waals surface area (Å²) in [6.45, 7) is 0. The van der Waals surface area contributed by atoms with E-state index in [9.17, 15) is 9.50 Å². The maximum absolute atomic E-state index is 12.6. The van der Waals surface area contributed by atoms with Crippen LogP contribution in [0.25, 0.3) is 0 Å². The lowest BCUT2D eigenvalue weighted by molar-refractivity contribution is 0.169. The van der Waals surface area contributed by atoms with Gasteiger partial charge in [0.05, 0.1) is 11.9 Å². The fraction of sp³-hybridized carbons (Fsp3) is 0.300. The average molecular weight is 222 g/mol. The van der Waals surface area contributed by atoms with Gasteiger partial charge in [-0.2, -0.15) is 5.10 Å². The highest BCUT2D eigenvalue weighted by atomic mass is 19.1. The number of rotatable bonds is 3. The van der Waals surface area contributed by atoms with Crippen LogP contribution in [-0.2, 0) is 13.5 Å². The Morgan fingerprint density at radius 2 is 2.25 bits per heavy atom. The molecule has 0 aliphatic rings. The molecule has 1 atom stereocenters. The Morgan fingerprint density at radius 3 is 2.81 bits per heavy atom. The molecule has 1 unspecified atom stereocenters. The van der Waals surface area contributed by atoms with Gasteiger partial charge >= 0.3 is 0 Å². The van der Waals surface area contributed by atoms with E-state index in [1.165, 1.54) is 18.5 Å². The number of pyridine rings is 1. The molecule has 2 heterocycles. The van der Waals surface area contributed by atoms with Crippen LogP contribution in [0, 0.1) is 5.82 Å². The number of aliphatic hydroxyl groups excluding tert-OH is 1. The molecule has 0 saturated heterocycles. The molecule has 5 nitrogen and oxygen atoms in total. The fourth-order valence-corrected chi connectivity index (χ4v) is 1.37. The van der Waals surface area contributed by atoms with Crippen LogP contribution < -0.4 is 0 Å². The van der Waals surface area contributed by atoms with Crippen molar-refractivity contribution in [3.05, 3.63) is 42.0 Å². The minimum atomic E-state index is -0.802. The maximum atomic E-state index is 12.6. The highest BCUT2D eigenvalue weighted by molar-refractivity contribution is 5.09. The normalized spacial score (nSPS) is 12.7. The Hall–Kier alpha value is -1.82. The van der Waals surface area contributed by atoms with Crippen LogP contribution in [0.3, 0.4) is 0 Å². The second kappa shape index (κ2) is 4.36. The first-order chi connectivity index (χ1) is 7.66. The van der Waals surface area contributed by atoms with Gasteiger partial charge in [0.2, 0.25) is 0 Å². The maximum Gasteiger partial charge on any atom is 0.141 e. The Morgan fingerprint density at radius 1 is 1.44 bits per heavy atom. The molecule has 2 aromatic heterocycles. The number of aromatic nitrogens is 4. The SMILES string of the molecule is Cn1ncnc1CC(O)c1ccc(F)cn1. The molecule has 6 heteroatoms. The van der Waals surface area contributed by atoms with Crippen molar-refractivity contribution in [3.8, 4) is 0 Å². The van der Waals surface area contributed by atoms with Crippen molar-refractivity contribution in [2.75, 3.05) is 0 Å². The second-order valence-corrected chi connectivity index (χ2v) is 3.42. The quantitative estimate of drug-likeness (QED) is 0.827. The van der Waals surface area contributed by atoms with Crippen molar-refractivity contribution in [2.45, 2.75) is 12.5 Å². The number of aliphatic hydroxyl groups is 1.